The molecule has 4 rings (SSSR count). The smallest absolute Gasteiger partial charge is 0.226 e. The van der Waals surface area contributed by atoms with E-state index >= 15 is 0 Å². The quantitative estimate of drug-likeness (QED) is 0.645. The van der Waals surface area contributed by atoms with Gasteiger partial charge in [-0.2, -0.15) is 0 Å². The number of fused-ring (bicyclic) bond motifs is 1. The molecule has 1 aromatic heterocycles. The minimum Gasteiger partial charge on any atom is -0.399 e. The topological polar surface area (TPSA) is 58.3 Å². The van der Waals surface area contributed by atoms with Gasteiger partial charge in [-0.25, -0.2) is 9.97 Å². The molecule has 2 heterocycles. The summed E-state index contributed by atoms with van der Waals surface area (Å²) < 4.78 is 0. The molecule has 5 nitrogen and oxygen atoms in total. The molecule has 29 heavy (non-hydrogen) atoms. The molecule has 0 unspecified atom stereocenters. The maximum atomic E-state index is 5.91. The number of anilines is 2. The van der Waals surface area contributed by atoms with Gasteiger partial charge < -0.3 is 10.6 Å². The molecule has 3 aromatic rings. The third-order valence-electron chi connectivity index (χ3n) is 5.61. The van der Waals surface area contributed by atoms with E-state index in [-0.39, 0.29) is 0 Å². The fraction of sp³-hybridized carbons (Fsp3) is 0.333. The van der Waals surface area contributed by atoms with E-state index in [4.69, 9.17) is 15.7 Å². The summed E-state index contributed by atoms with van der Waals surface area (Å²) in [6.07, 6.45) is 0.959. The Hall–Kier alpha value is -2.92. The Bertz CT molecular complexity index is 949. The summed E-state index contributed by atoms with van der Waals surface area (Å²) >= 11 is 0. The molecular formula is C24H29N5. The number of benzene rings is 2. The van der Waals surface area contributed by atoms with E-state index in [0.29, 0.717) is 0 Å². The van der Waals surface area contributed by atoms with Crippen LogP contribution >= 0.6 is 0 Å². The van der Waals surface area contributed by atoms with Crippen molar-refractivity contribution in [1.29, 1.82) is 0 Å². The van der Waals surface area contributed by atoms with E-state index in [1.807, 2.05) is 12.1 Å². The van der Waals surface area contributed by atoms with Crippen LogP contribution in [0.4, 0.5) is 11.6 Å². The zero-order valence-electron chi connectivity index (χ0n) is 17.3. The molecule has 150 valence electrons. The fourth-order valence-corrected chi connectivity index (χ4v) is 3.98. The Balaban J connectivity index is 1.71. The van der Waals surface area contributed by atoms with Crippen LogP contribution in [0.2, 0.25) is 0 Å². The van der Waals surface area contributed by atoms with Gasteiger partial charge in [-0.1, -0.05) is 42.5 Å². The van der Waals surface area contributed by atoms with Gasteiger partial charge in [-0.15, -0.1) is 0 Å². The third-order valence-corrected chi connectivity index (χ3v) is 5.61. The van der Waals surface area contributed by atoms with Crippen LogP contribution in [-0.4, -0.2) is 34.5 Å². The molecular weight excluding hydrogens is 358 g/mol. The average Bonchev–Trinajstić information content (AvgIpc) is 2.75. The predicted octanol–water partition coefficient (Wildman–Crippen LogP) is 4.13. The monoisotopic (exact) mass is 387 g/mol. The van der Waals surface area contributed by atoms with Crippen LogP contribution in [0, 0.1) is 0 Å². The summed E-state index contributed by atoms with van der Waals surface area (Å²) in [5, 5.41) is 0. The van der Waals surface area contributed by atoms with Gasteiger partial charge in [0.15, 0.2) is 0 Å². The first-order valence-corrected chi connectivity index (χ1v) is 10.4. The zero-order chi connectivity index (χ0) is 20.2. The highest BCUT2D eigenvalue weighted by Gasteiger charge is 2.24. The maximum Gasteiger partial charge on any atom is 0.226 e. The Morgan fingerprint density at radius 1 is 0.966 bits per heavy atom. The molecule has 0 radical (unpaired) electrons. The molecule has 1 aliphatic heterocycles. The molecule has 5 heteroatoms. The molecule has 2 N–H and O–H groups in total. The molecule has 2 aromatic carbocycles. The molecule has 0 spiro atoms. The summed E-state index contributed by atoms with van der Waals surface area (Å²) in [6, 6.07) is 18.7. The second kappa shape index (κ2) is 8.62. The zero-order valence-corrected chi connectivity index (χ0v) is 17.3. The van der Waals surface area contributed by atoms with Crippen molar-refractivity contribution in [3.63, 3.8) is 0 Å². The van der Waals surface area contributed by atoms with Gasteiger partial charge in [0.05, 0.1) is 11.4 Å². The average molecular weight is 388 g/mol. The van der Waals surface area contributed by atoms with Crippen molar-refractivity contribution < 1.29 is 0 Å². The molecule has 0 atom stereocenters. The van der Waals surface area contributed by atoms with E-state index in [1.165, 1.54) is 11.1 Å². The lowest BCUT2D eigenvalue weighted by Gasteiger charge is -2.30. The SMILES string of the molecule is CCN(CC)c1nc2c(c(-c3ccc(N)cc3)n1)CCN(Cc1ccccc1)C2. The molecule has 1 aliphatic rings. The number of nitrogens with zero attached hydrogens (tertiary/aromatic N) is 4. The molecule has 0 aliphatic carbocycles. The van der Waals surface area contributed by atoms with E-state index in [1.54, 1.807) is 0 Å². The molecule has 0 fully saturated rings. The first-order chi connectivity index (χ1) is 14.2. The highest BCUT2D eigenvalue weighted by Crippen LogP contribution is 2.31. The summed E-state index contributed by atoms with van der Waals surface area (Å²) in [6.45, 7) is 8.89. The molecule has 0 bridgehead atoms. The van der Waals surface area contributed by atoms with Gasteiger partial charge in [0.1, 0.15) is 0 Å². The highest BCUT2D eigenvalue weighted by molar-refractivity contribution is 5.67. The minimum atomic E-state index is 0.773. The number of hydrogen-bond acceptors (Lipinski definition) is 5. The minimum absolute atomic E-state index is 0.773. The van der Waals surface area contributed by atoms with Gasteiger partial charge in [0.2, 0.25) is 5.95 Å². The van der Waals surface area contributed by atoms with Gasteiger partial charge >= 0.3 is 0 Å². The Morgan fingerprint density at radius 2 is 1.69 bits per heavy atom. The van der Waals surface area contributed by atoms with E-state index in [9.17, 15) is 0 Å². The normalized spacial score (nSPS) is 13.9. The molecule has 0 saturated heterocycles. The van der Waals surface area contributed by atoms with E-state index < -0.39 is 0 Å². The van der Waals surface area contributed by atoms with Crippen molar-refractivity contribution in [3.8, 4) is 11.3 Å². The van der Waals surface area contributed by atoms with Crippen molar-refractivity contribution in [3.05, 3.63) is 71.4 Å². The Kier molecular flexibility index (Phi) is 5.76. The third kappa shape index (κ3) is 4.25. The summed E-state index contributed by atoms with van der Waals surface area (Å²) in [4.78, 5) is 14.7. The van der Waals surface area contributed by atoms with Gasteiger partial charge in [0.25, 0.3) is 0 Å². The predicted molar refractivity (Wildman–Crippen MR) is 120 cm³/mol. The number of aromatic nitrogens is 2. The van der Waals surface area contributed by atoms with Crippen molar-refractivity contribution in [2.24, 2.45) is 0 Å². The van der Waals surface area contributed by atoms with Crippen LogP contribution in [0.5, 0.6) is 0 Å². The van der Waals surface area contributed by atoms with Crippen LogP contribution in [0.15, 0.2) is 54.6 Å². The van der Waals surface area contributed by atoms with E-state index in [2.05, 4.69) is 66.1 Å². The maximum absolute atomic E-state index is 5.91. The lowest BCUT2D eigenvalue weighted by molar-refractivity contribution is 0.241. The van der Waals surface area contributed by atoms with Crippen LogP contribution in [-0.2, 0) is 19.5 Å². The van der Waals surface area contributed by atoms with Gasteiger partial charge in [-0.05, 0) is 38.0 Å². The van der Waals surface area contributed by atoms with Gasteiger partial charge in [-0.3, -0.25) is 4.90 Å². The first kappa shape index (κ1) is 19.4. The fourth-order valence-electron chi connectivity index (χ4n) is 3.98. The number of nitrogen functional groups attached to an aromatic ring is 1. The molecule has 0 amide bonds. The number of hydrogen-bond donors (Lipinski definition) is 1. The number of rotatable bonds is 6. The standard InChI is InChI=1S/C24H29N5/c1-3-29(4-2)24-26-22-17-28(16-18-8-6-5-7-9-18)15-14-21(22)23(27-24)19-10-12-20(25)13-11-19/h5-13H,3-4,14-17,25H2,1-2H3. The van der Waals surface area contributed by atoms with Crippen molar-refractivity contribution in [1.82, 2.24) is 14.9 Å². The second-order valence-electron chi connectivity index (χ2n) is 7.54. The summed E-state index contributed by atoms with van der Waals surface area (Å²) in [5.74, 6) is 0.821. The summed E-state index contributed by atoms with van der Waals surface area (Å²) in [7, 11) is 0. The van der Waals surface area contributed by atoms with Crippen LogP contribution < -0.4 is 10.6 Å². The second-order valence-corrected chi connectivity index (χ2v) is 7.54. The van der Waals surface area contributed by atoms with Crippen molar-refractivity contribution in [2.45, 2.75) is 33.4 Å². The van der Waals surface area contributed by atoms with Crippen molar-refractivity contribution in [2.75, 3.05) is 30.3 Å². The van der Waals surface area contributed by atoms with E-state index in [0.717, 1.165) is 67.7 Å². The van der Waals surface area contributed by atoms with Crippen molar-refractivity contribution >= 4 is 11.6 Å². The molecule has 0 saturated carbocycles. The number of nitrogens with two attached hydrogens (primary N) is 1. The van der Waals surface area contributed by atoms with Crippen LogP contribution in [0.1, 0.15) is 30.7 Å². The lowest BCUT2D eigenvalue weighted by Crippen LogP contribution is -2.33. The Labute approximate surface area is 173 Å². The Morgan fingerprint density at radius 3 is 2.38 bits per heavy atom. The summed E-state index contributed by atoms with van der Waals surface area (Å²) in [5.41, 5.74) is 12.6. The highest BCUT2D eigenvalue weighted by atomic mass is 15.3. The first-order valence-electron chi connectivity index (χ1n) is 10.4. The van der Waals surface area contributed by atoms with Crippen LogP contribution in [0.3, 0.4) is 0 Å². The largest absolute Gasteiger partial charge is 0.399 e. The van der Waals surface area contributed by atoms with Gasteiger partial charge in [0, 0.05) is 49.5 Å². The van der Waals surface area contributed by atoms with Crippen LogP contribution in [0.25, 0.3) is 11.3 Å². The lowest BCUT2D eigenvalue weighted by atomic mass is 9.98.